The second-order valence-corrected chi connectivity index (χ2v) is 1.56. The van der Waals surface area contributed by atoms with Gasteiger partial charge in [-0.1, -0.05) is 6.92 Å². The first-order valence-corrected chi connectivity index (χ1v) is 2.44. The fraction of sp³-hybridized carbons (Fsp3) is 0.333. The van der Waals surface area contributed by atoms with Crippen molar-refractivity contribution in [1.82, 2.24) is 0 Å². The van der Waals surface area contributed by atoms with Crippen molar-refractivity contribution in [2.75, 3.05) is 0 Å². The fourth-order valence-electron chi connectivity index (χ4n) is 0. The normalized spacial score (nSPS) is 7.00. The molecule has 58 valence electrons. The molecule has 0 spiro atoms. The Morgan fingerprint density at radius 2 is 1.50 bits per heavy atom. The molecule has 0 unspecified atom stereocenters. The van der Waals surface area contributed by atoms with E-state index in [1.165, 1.54) is 6.92 Å². The molecule has 0 radical (unpaired) electrons. The van der Waals surface area contributed by atoms with Crippen LogP contribution in [-0.4, -0.2) is 16.9 Å². The molecule has 0 aliphatic heterocycles. The van der Waals surface area contributed by atoms with E-state index in [0.717, 1.165) is 6.92 Å². The molecule has 0 aromatic carbocycles. The maximum absolute atomic E-state index is 9.54. The Balaban J connectivity index is 0. The Labute approximate surface area is 58.8 Å². The van der Waals surface area contributed by atoms with Gasteiger partial charge in [0.25, 0.3) is 0 Å². The molecule has 0 aromatic heterocycles. The number of allylic oxidation sites excluding steroid dienone is 1. The Morgan fingerprint density at radius 3 is 1.50 bits per heavy atom. The molecule has 0 fully saturated rings. The number of hydrogen-bond donors (Lipinski definition) is 1. The van der Waals surface area contributed by atoms with Crippen molar-refractivity contribution in [3.63, 3.8) is 0 Å². The number of aliphatic carboxylic acids is 1. The highest BCUT2D eigenvalue weighted by atomic mass is 16.4. The number of hydrogen-bond acceptors (Lipinski definition) is 3. The van der Waals surface area contributed by atoms with Crippen molar-refractivity contribution in [3.8, 4) is 0 Å². The third-order valence-electron chi connectivity index (χ3n) is 0.301. The predicted molar refractivity (Wildman–Crippen MR) is 33.1 cm³/mol. The van der Waals surface area contributed by atoms with Gasteiger partial charge in [-0.25, -0.2) is 4.79 Å². The lowest BCUT2D eigenvalue weighted by molar-refractivity contribution is -0.300. The van der Waals surface area contributed by atoms with Crippen LogP contribution in [0.2, 0.25) is 0 Å². The van der Waals surface area contributed by atoms with Crippen molar-refractivity contribution in [2.24, 2.45) is 0 Å². The van der Waals surface area contributed by atoms with Gasteiger partial charge in [0.2, 0.25) is 5.78 Å². The summed E-state index contributed by atoms with van der Waals surface area (Å²) in [5.41, 5.74) is 0. The Bertz CT molecular complexity index is 132. The minimum absolute atomic E-state index is 0.0833. The third kappa shape index (κ3) is 30.0. The van der Waals surface area contributed by atoms with Gasteiger partial charge in [0, 0.05) is 6.92 Å². The van der Waals surface area contributed by atoms with E-state index in [-0.39, 0.29) is 5.76 Å². The van der Waals surface area contributed by atoms with Gasteiger partial charge in [0.05, 0.1) is 0 Å². The highest BCUT2D eigenvalue weighted by Gasteiger charge is 1.98. The van der Waals surface area contributed by atoms with Crippen molar-refractivity contribution >= 4 is 11.8 Å². The third-order valence-corrected chi connectivity index (χ3v) is 0.301. The molecular weight excluding hydrogens is 136 g/mol. The zero-order valence-corrected chi connectivity index (χ0v) is 5.88. The number of Topliss-reactive ketones (excluding diaryl/α,β-unsaturated/α-hetero) is 1. The standard InChI is InChI=1S/C3H4O3.C3H6O/c1-2(4)3(5)6;1-3(2)4/h1H3,(H,5,6);4H,1H2,2H3/p-1. The van der Waals surface area contributed by atoms with Gasteiger partial charge in [-0.15, -0.1) is 12.3 Å². The molecule has 4 nitrogen and oxygen atoms in total. The Hall–Kier alpha value is -1.32. The molecule has 0 saturated heterocycles. The summed E-state index contributed by atoms with van der Waals surface area (Å²) in [6.45, 7) is 5.42. The molecule has 0 atom stereocenters. The summed E-state index contributed by atoms with van der Waals surface area (Å²) in [6.07, 6.45) is 0. The minimum atomic E-state index is -1.38. The molecule has 1 N–H and O–H groups in total. The molecule has 0 amide bonds. The van der Waals surface area contributed by atoms with Crippen LogP contribution in [0.25, 0.3) is 0 Å². The van der Waals surface area contributed by atoms with Crippen LogP contribution in [0.5, 0.6) is 0 Å². The minimum Gasteiger partial charge on any atom is -0.876 e. The van der Waals surface area contributed by atoms with Gasteiger partial charge < -0.3 is 10.2 Å². The van der Waals surface area contributed by atoms with Gasteiger partial charge in [-0.3, -0.25) is 4.79 Å². The number of carboxylic acids is 1. The van der Waals surface area contributed by atoms with E-state index in [9.17, 15) is 14.7 Å². The lowest BCUT2D eigenvalue weighted by Gasteiger charge is -1.92. The molecule has 0 bridgehead atoms. The Morgan fingerprint density at radius 1 is 1.40 bits per heavy atom. The van der Waals surface area contributed by atoms with Crippen LogP contribution in [0, 0.1) is 0 Å². The topological polar surface area (TPSA) is 77.4 Å². The molecule has 4 heteroatoms. The first kappa shape index (κ1) is 11.5. The van der Waals surface area contributed by atoms with E-state index in [1.54, 1.807) is 0 Å². The maximum atomic E-state index is 9.54. The van der Waals surface area contributed by atoms with Crippen LogP contribution in [0.1, 0.15) is 13.8 Å². The summed E-state index contributed by atoms with van der Waals surface area (Å²) >= 11 is 0. The van der Waals surface area contributed by atoms with E-state index in [1.807, 2.05) is 0 Å². The van der Waals surface area contributed by atoms with Crippen LogP contribution in [0.4, 0.5) is 0 Å². The second-order valence-electron chi connectivity index (χ2n) is 1.56. The maximum Gasteiger partial charge on any atom is 0.371 e. The van der Waals surface area contributed by atoms with Crippen LogP contribution >= 0.6 is 0 Å². The average Bonchev–Trinajstić information content (AvgIpc) is 1.63. The molecule has 10 heavy (non-hydrogen) atoms. The molecule has 0 heterocycles. The number of rotatable bonds is 1. The molecule has 0 saturated carbocycles. The summed E-state index contributed by atoms with van der Waals surface area (Å²) in [6, 6.07) is 0. The van der Waals surface area contributed by atoms with Gasteiger partial charge in [0.15, 0.2) is 0 Å². The molecule has 0 aliphatic rings. The highest BCUT2D eigenvalue weighted by molar-refractivity contribution is 6.31. The second kappa shape index (κ2) is 5.81. The molecule has 0 aliphatic carbocycles. The molecular formula is C6H9O4-. The summed E-state index contributed by atoms with van der Waals surface area (Å²) < 4.78 is 0. The van der Waals surface area contributed by atoms with E-state index in [4.69, 9.17) is 5.11 Å². The van der Waals surface area contributed by atoms with Gasteiger partial charge in [-0.05, 0) is 0 Å². The zero-order chi connectivity index (χ0) is 8.73. The van der Waals surface area contributed by atoms with Crippen LogP contribution in [0.15, 0.2) is 12.3 Å². The summed E-state index contributed by atoms with van der Waals surface area (Å²) in [7, 11) is 0. The number of ketones is 1. The number of carbonyl (C=O) groups is 2. The largest absolute Gasteiger partial charge is 0.876 e. The fourth-order valence-corrected chi connectivity index (χ4v) is 0. The lowest BCUT2D eigenvalue weighted by atomic mass is 10.5. The van der Waals surface area contributed by atoms with Gasteiger partial charge >= 0.3 is 5.97 Å². The smallest absolute Gasteiger partial charge is 0.371 e. The predicted octanol–water partition coefficient (Wildman–Crippen LogP) is -0.460. The zero-order valence-electron chi connectivity index (χ0n) is 5.88. The van der Waals surface area contributed by atoms with E-state index < -0.39 is 11.8 Å². The quantitative estimate of drug-likeness (QED) is 0.400. The van der Waals surface area contributed by atoms with Crippen LogP contribution in [0.3, 0.4) is 0 Å². The van der Waals surface area contributed by atoms with Crippen molar-refractivity contribution in [2.45, 2.75) is 13.8 Å². The average molecular weight is 145 g/mol. The first-order valence-electron chi connectivity index (χ1n) is 2.44. The SMILES string of the molecule is C=C(C)[O-].CC(=O)C(=O)O. The monoisotopic (exact) mass is 145 g/mol. The van der Waals surface area contributed by atoms with Crippen molar-refractivity contribution < 1.29 is 19.8 Å². The highest BCUT2D eigenvalue weighted by Crippen LogP contribution is 1.61. The van der Waals surface area contributed by atoms with Gasteiger partial charge in [-0.2, -0.15) is 0 Å². The number of carboxylic acid groups (broad SMARTS) is 1. The van der Waals surface area contributed by atoms with Gasteiger partial charge in [0.1, 0.15) is 0 Å². The summed E-state index contributed by atoms with van der Waals surface area (Å²) in [4.78, 5) is 18.9. The Kier molecular flexibility index (Phi) is 6.67. The van der Waals surface area contributed by atoms with E-state index in [2.05, 4.69) is 6.58 Å². The molecule has 0 aromatic rings. The molecule has 0 rings (SSSR count). The van der Waals surface area contributed by atoms with Crippen molar-refractivity contribution in [1.29, 1.82) is 0 Å². The number of carbonyl (C=O) groups excluding carboxylic acids is 1. The lowest BCUT2D eigenvalue weighted by Crippen LogP contribution is -2.05. The summed E-state index contributed by atoms with van der Waals surface area (Å²) in [5.74, 6) is -2.29. The van der Waals surface area contributed by atoms with E-state index >= 15 is 0 Å². The van der Waals surface area contributed by atoms with Crippen LogP contribution in [-0.2, 0) is 9.59 Å². The first-order chi connectivity index (χ1) is 4.37. The summed E-state index contributed by atoms with van der Waals surface area (Å²) in [5, 5.41) is 17.0. The van der Waals surface area contributed by atoms with Crippen LogP contribution < -0.4 is 5.11 Å². The van der Waals surface area contributed by atoms with E-state index in [0.29, 0.717) is 0 Å². The van der Waals surface area contributed by atoms with Crippen molar-refractivity contribution in [3.05, 3.63) is 12.3 Å².